The molecule has 1 aromatic heterocycles. The summed E-state index contributed by atoms with van der Waals surface area (Å²) in [6.45, 7) is -0.0137. The molecule has 2 heterocycles. The molecule has 1 aliphatic rings. The second-order valence-corrected chi connectivity index (χ2v) is 5.92. The van der Waals surface area contributed by atoms with Crippen molar-refractivity contribution in [3.63, 3.8) is 0 Å². The van der Waals surface area contributed by atoms with Crippen LogP contribution < -0.4 is 5.32 Å². The predicted octanol–water partition coefficient (Wildman–Crippen LogP) is 1.64. The quantitative estimate of drug-likeness (QED) is 0.423. The van der Waals surface area contributed by atoms with Crippen molar-refractivity contribution in [1.29, 1.82) is 0 Å². The number of carbonyl (C=O) groups excluding carboxylic acids is 4. The van der Waals surface area contributed by atoms with Gasteiger partial charge in [0.15, 0.2) is 0 Å². The summed E-state index contributed by atoms with van der Waals surface area (Å²) in [7, 11) is 0. The van der Waals surface area contributed by atoms with Gasteiger partial charge in [-0.15, -0.1) is 0 Å². The highest BCUT2D eigenvalue weighted by Gasteiger charge is 2.34. The van der Waals surface area contributed by atoms with Crippen molar-refractivity contribution in [3.8, 4) is 0 Å². The van der Waals surface area contributed by atoms with E-state index in [-0.39, 0.29) is 32.0 Å². The summed E-state index contributed by atoms with van der Waals surface area (Å²) in [5.74, 6) is -1.15. The number of amides is 3. The van der Waals surface area contributed by atoms with Crippen LogP contribution in [-0.4, -0.2) is 48.3 Å². The molecule has 28 heavy (non-hydrogen) atoms. The van der Waals surface area contributed by atoms with Crippen LogP contribution in [0.1, 0.15) is 32.9 Å². The molecule has 0 saturated heterocycles. The molecule has 2 aromatic rings. The van der Waals surface area contributed by atoms with Gasteiger partial charge in [0, 0.05) is 12.6 Å². The summed E-state index contributed by atoms with van der Waals surface area (Å²) in [5.41, 5.74) is 0.702. The van der Waals surface area contributed by atoms with Gasteiger partial charge < -0.3 is 14.5 Å². The second kappa shape index (κ2) is 8.81. The van der Waals surface area contributed by atoms with Gasteiger partial charge in [-0.25, -0.2) is 0 Å². The summed E-state index contributed by atoms with van der Waals surface area (Å²) in [5, 5.41) is 2.55. The van der Waals surface area contributed by atoms with Crippen LogP contribution in [-0.2, 0) is 14.3 Å². The molecular formula is C20H18N2O6. The van der Waals surface area contributed by atoms with E-state index in [1.54, 1.807) is 36.4 Å². The lowest BCUT2D eigenvalue weighted by Gasteiger charge is -2.13. The molecule has 8 nitrogen and oxygen atoms in total. The first-order valence-corrected chi connectivity index (χ1v) is 8.66. The number of nitrogens with zero attached hydrogens (tertiary/aromatic N) is 1. The smallest absolute Gasteiger partial charge is 0.307 e. The Kier molecular flexibility index (Phi) is 6.01. The number of furan rings is 1. The number of carbonyl (C=O) groups is 4. The molecule has 0 radical (unpaired) electrons. The van der Waals surface area contributed by atoms with Crippen LogP contribution in [0.5, 0.6) is 0 Å². The van der Waals surface area contributed by atoms with Crippen LogP contribution in [0.3, 0.4) is 0 Å². The summed E-state index contributed by atoms with van der Waals surface area (Å²) in [4.78, 5) is 48.8. The molecule has 8 heteroatoms. The molecule has 0 atom stereocenters. The van der Waals surface area contributed by atoms with Gasteiger partial charge in [-0.2, -0.15) is 0 Å². The Labute approximate surface area is 160 Å². The molecule has 1 N–H and O–H groups in total. The van der Waals surface area contributed by atoms with Crippen LogP contribution >= 0.6 is 0 Å². The summed E-state index contributed by atoms with van der Waals surface area (Å²) in [6, 6.07) is 9.96. The van der Waals surface area contributed by atoms with Crippen LogP contribution in [0.4, 0.5) is 0 Å². The predicted molar refractivity (Wildman–Crippen MR) is 98.1 cm³/mol. The van der Waals surface area contributed by atoms with Gasteiger partial charge >= 0.3 is 5.97 Å². The van der Waals surface area contributed by atoms with Crippen LogP contribution in [0.15, 0.2) is 53.2 Å². The second-order valence-electron chi connectivity index (χ2n) is 5.92. The lowest BCUT2D eigenvalue weighted by atomic mass is 10.1. The molecule has 3 amide bonds. The number of fused-ring (bicyclic) bond motifs is 1. The number of nitrogens with one attached hydrogen (secondary N) is 1. The Balaban J connectivity index is 1.35. The zero-order valence-corrected chi connectivity index (χ0v) is 14.9. The molecule has 0 unspecified atom stereocenters. The first kappa shape index (κ1) is 19.1. The lowest BCUT2D eigenvalue weighted by molar-refractivity contribution is -0.143. The molecule has 0 saturated carbocycles. The third kappa shape index (κ3) is 4.53. The fraction of sp³-hybridized carbons (Fsp3) is 0.200. The van der Waals surface area contributed by atoms with E-state index in [4.69, 9.17) is 9.15 Å². The molecule has 0 fully saturated rings. The highest BCUT2D eigenvalue weighted by atomic mass is 16.5. The Morgan fingerprint density at radius 3 is 2.43 bits per heavy atom. The van der Waals surface area contributed by atoms with E-state index < -0.39 is 17.8 Å². The third-order valence-electron chi connectivity index (χ3n) is 4.03. The van der Waals surface area contributed by atoms with Gasteiger partial charge in [-0.1, -0.05) is 12.1 Å². The average Bonchev–Trinajstić information content (AvgIpc) is 3.29. The number of hydrogen-bond acceptors (Lipinski definition) is 6. The Morgan fingerprint density at radius 1 is 1.07 bits per heavy atom. The van der Waals surface area contributed by atoms with E-state index in [0.717, 1.165) is 4.90 Å². The Morgan fingerprint density at radius 2 is 1.79 bits per heavy atom. The monoisotopic (exact) mass is 382 g/mol. The SMILES string of the molecule is O=C(/C=C/c1ccco1)NCCC(=O)OCCN1C(=O)c2ccccc2C1=O. The van der Waals surface area contributed by atoms with Crippen LogP contribution in [0.25, 0.3) is 6.08 Å². The first-order chi connectivity index (χ1) is 13.6. The normalized spacial score (nSPS) is 13.1. The van der Waals surface area contributed by atoms with E-state index in [1.165, 1.54) is 18.4 Å². The van der Waals surface area contributed by atoms with Gasteiger partial charge in [-0.05, 0) is 30.3 Å². The number of ether oxygens (including phenoxy) is 1. The van der Waals surface area contributed by atoms with Crippen LogP contribution in [0.2, 0.25) is 0 Å². The number of hydrogen-bond donors (Lipinski definition) is 1. The van der Waals surface area contributed by atoms with Gasteiger partial charge in [0.05, 0.1) is 30.4 Å². The largest absolute Gasteiger partial charge is 0.465 e. The average molecular weight is 382 g/mol. The lowest BCUT2D eigenvalue weighted by Crippen LogP contribution is -2.33. The number of imide groups is 1. The molecule has 0 spiro atoms. The molecule has 1 aliphatic heterocycles. The number of benzene rings is 1. The van der Waals surface area contributed by atoms with Crippen molar-refractivity contribution < 1.29 is 28.3 Å². The fourth-order valence-corrected chi connectivity index (χ4v) is 2.66. The minimum absolute atomic E-state index is 0.0175. The van der Waals surface area contributed by atoms with Gasteiger partial charge in [0.25, 0.3) is 11.8 Å². The van der Waals surface area contributed by atoms with Crippen molar-refractivity contribution in [3.05, 3.63) is 65.6 Å². The number of esters is 1. The minimum Gasteiger partial charge on any atom is -0.465 e. The zero-order chi connectivity index (χ0) is 19.9. The topological polar surface area (TPSA) is 106 Å². The molecule has 0 aliphatic carbocycles. The van der Waals surface area contributed by atoms with Crippen LogP contribution in [0, 0.1) is 0 Å². The molecule has 144 valence electrons. The highest BCUT2D eigenvalue weighted by Crippen LogP contribution is 2.21. The van der Waals surface area contributed by atoms with Crippen molar-refractivity contribution in [2.24, 2.45) is 0 Å². The van der Waals surface area contributed by atoms with Gasteiger partial charge in [0.2, 0.25) is 5.91 Å². The van der Waals surface area contributed by atoms with Crippen molar-refractivity contribution in [2.75, 3.05) is 19.7 Å². The summed E-state index contributed by atoms with van der Waals surface area (Å²) in [6.07, 6.45) is 4.28. The van der Waals surface area contributed by atoms with Gasteiger partial charge in [-0.3, -0.25) is 24.1 Å². The summed E-state index contributed by atoms with van der Waals surface area (Å²) >= 11 is 0. The summed E-state index contributed by atoms with van der Waals surface area (Å²) < 4.78 is 10.1. The van der Waals surface area contributed by atoms with E-state index in [0.29, 0.717) is 16.9 Å². The van der Waals surface area contributed by atoms with Crippen molar-refractivity contribution in [2.45, 2.75) is 6.42 Å². The van der Waals surface area contributed by atoms with E-state index in [1.807, 2.05) is 0 Å². The molecule has 0 bridgehead atoms. The Hall–Kier alpha value is -3.68. The molecule has 1 aromatic carbocycles. The maximum Gasteiger partial charge on any atom is 0.307 e. The zero-order valence-electron chi connectivity index (χ0n) is 14.9. The first-order valence-electron chi connectivity index (χ1n) is 8.66. The maximum absolute atomic E-state index is 12.2. The Bertz CT molecular complexity index is 882. The van der Waals surface area contributed by atoms with E-state index in [2.05, 4.69) is 5.32 Å². The molecular weight excluding hydrogens is 364 g/mol. The fourth-order valence-electron chi connectivity index (χ4n) is 2.66. The number of rotatable bonds is 8. The molecule has 3 rings (SSSR count). The van der Waals surface area contributed by atoms with Crippen molar-refractivity contribution >= 4 is 29.8 Å². The van der Waals surface area contributed by atoms with Gasteiger partial charge in [0.1, 0.15) is 12.4 Å². The standard InChI is InChI=1S/C20H18N2O6/c23-17(8-7-14-4-3-12-27-14)21-10-9-18(24)28-13-11-22-19(25)15-5-1-2-6-16(15)20(22)26/h1-8,12H,9-11,13H2,(H,21,23)/b8-7+. The van der Waals surface area contributed by atoms with E-state index in [9.17, 15) is 19.2 Å². The van der Waals surface area contributed by atoms with Crippen molar-refractivity contribution in [1.82, 2.24) is 10.2 Å². The third-order valence-corrected chi connectivity index (χ3v) is 4.03. The van der Waals surface area contributed by atoms with E-state index >= 15 is 0 Å². The maximum atomic E-state index is 12.2. The minimum atomic E-state index is -0.535. The highest BCUT2D eigenvalue weighted by molar-refractivity contribution is 6.21.